The first-order valence-corrected chi connectivity index (χ1v) is 13.5. The summed E-state index contributed by atoms with van der Waals surface area (Å²) >= 11 is 1.56. The number of rotatable bonds is 11. The molecule has 10 nitrogen and oxygen atoms in total. The molecule has 0 spiro atoms. The molecule has 1 aliphatic rings. The Labute approximate surface area is 226 Å². The Hall–Kier alpha value is -3.15. The largest absolute Gasteiger partial charge is 0.480 e. The molecule has 3 rings (SSSR count). The number of nitrogens with one attached hydrogen (secondary N) is 2. The minimum absolute atomic E-state index is 0.0276. The van der Waals surface area contributed by atoms with Crippen LogP contribution in [0.1, 0.15) is 51.3 Å². The molecule has 2 heterocycles. The fourth-order valence-electron chi connectivity index (χ4n) is 4.54. The number of aldehydes is 1. The van der Waals surface area contributed by atoms with E-state index in [-0.39, 0.29) is 38.3 Å². The predicted molar refractivity (Wildman–Crippen MR) is 143 cm³/mol. The third-order valence-corrected chi connectivity index (χ3v) is 7.62. The zero-order valence-electron chi connectivity index (χ0n) is 22.1. The second kappa shape index (κ2) is 12.6. The molecule has 1 unspecified atom stereocenters. The fourth-order valence-corrected chi connectivity index (χ4v) is 5.35. The average Bonchev–Trinajstić information content (AvgIpc) is 3.47. The van der Waals surface area contributed by atoms with E-state index < -0.39 is 41.5 Å². The van der Waals surface area contributed by atoms with Crippen molar-refractivity contribution in [2.45, 2.75) is 77.7 Å². The van der Waals surface area contributed by atoms with E-state index in [0.717, 1.165) is 21.7 Å². The molecule has 38 heavy (non-hydrogen) atoms. The van der Waals surface area contributed by atoms with Gasteiger partial charge in [0.15, 0.2) is 0 Å². The molecule has 4 atom stereocenters. The van der Waals surface area contributed by atoms with Crippen LogP contribution in [0.4, 0.5) is 0 Å². The second-order valence-corrected chi connectivity index (χ2v) is 11.5. The number of likely N-dealkylation sites (tertiary alicyclic amines) is 1. The summed E-state index contributed by atoms with van der Waals surface area (Å²) in [4.78, 5) is 56.0. The van der Waals surface area contributed by atoms with Crippen LogP contribution in [0.3, 0.4) is 0 Å². The first-order valence-electron chi connectivity index (χ1n) is 12.6. The first-order chi connectivity index (χ1) is 17.9. The molecule has 0 saturated carbocycles. The number of nitrogens with zero attached hydrogens (tertiary/aromatic N) is 2. The number of aliphatic hydroxyl groups excluding tert-OH is 1. The number of aromatic nitrogens is 1. The average molecular weight is 545 g/mol. The smallest absolute Gasteiger partial charge is 0.320 e. The van der Waals surface area contributed by atoms with Crippen LogP contribution in [0.2, 0.25) is 0 Å². The van der Waals surface area contributed by atoms with Crippen molar-refractivity contribution in [1.82, 2.24) is 20.5 Å². The van der Waals surface area contributed by atoms with Gasteiger partial charge in [-0.1, -0.05) is 45.0 Å². The standard InChI is InChI=1S/C27H36N4O6S/c1-16-22(38-15-29-16)18-9-7-17(8-10-18)13-28-24(34)21-12-19(33)14-31(21)25(35)23(27(2,3)4)30-20(26(36)37)6-5-11-32/h7-11,15,19-21,23,30,33H,5-6,12-14H2,1-4H3,(H,28,34)(H,36,37)/t19-,20?,21+,23-/m1/s1. The van der Waals surface area contributed by atoms with E-state index in [0.29, 0.717) is 6.29 Å². The van der Waals surface area contributed by atoms with Crippen LogP contribution in [0.5, 0.6) is 0 Å². The Bertz CT molecular complexity index is 1140. The van der Waals surface area contributed by atoms with E-state index in [4.69, 9.17) is 0 Å². The highest BCUT2D eigenvalue weighted by atomic mass is 32.1. The molecule has 2 aromatic rings. The molecule has 1 aromatic heterocycles. The number of β-amino-alcohol motifs (C(OH)–C–C–N with tert-alkyl or cyclic N) is 1. The minimum atomic E-state index is -1.17. The van der Waals surface area contributed by atoms with Gasteiger partial charge < -0.3 is 25.2 Å². The number of aliphatic hydroxyl groups is 1. The molecule has 206 valence electrons. The third-order valence-electron chi connectivity index (χ3n) is 6.65. The predicted octanol–water partition coefficient (Wildman–Crippen LogP) is 2.13. The van der Waals surface area contributed by atoms with Crippen LogP contribution >= 0.6 is 11.3 Å². The topological polar surface area (TPSA) is 149 Å². The number of aliphatic carboxylic acids is 1. The molecule has 1 aromatic carbocycles. The van der Waals surface area contributed by atoms with Crippen molar-refractivity contribution in [3.8, 4) is 10.4 Å². The van der Waals surface area contributed by atoms with Gasteiger partial charge in [-0.15, -0.1) is 11.3 Å². The maximum Gasteiger partial charge on any atom is 0.320 e. The molecular formula is C27H36N4O6S. The summed E-state index contributed by atoms with van der Waals surface area (Å²) in [6, 6.07) is 4.85. The number of amides is 2. The second-order valence-electron chi connectivity index (χ2n) is 10.7. The Morgan fingerprint density at radius 2 is 1.92 bits per heavy atom. The number of carbonyl (C=O) groups is 4. The van der Waals surface area contributed by atoms with E-state index in [2.05, 4.69) is 15.6 Å². The molecule has 4 N–H and O–H groups in total. The summed E-state index contributed by atoms with van der Waals surface area (Å²) in [5.74, 6) is -2.02. The van der Waals surface area contributed by atoms with Crippen LogP contribution in [-0.2, 0) is 25.7 Å². The molecule has 1 aliphatic heterocycles. The van der Waals surface area contributed by atoms with Gasteiger partial charge >= 0.3 is 5.97 Å². The lowest BCUT2D eigenvalue weighted by molar-refractivity contribution is -0.145. The summed E-state index contributed by atoms with van der Waals surface area (Å²) in [5.41, 5.74) is 3.99. The summed E-state index contributed by atoms with van der Waals surface area (Å²) in [6.07, 6.45) is -0.0789. The van der Waals surface area contributed by atoms with Gasteiger partial charge in [-0.25, -0.2) is 4.98 Å². The Kier molecular flexibility index (Phi) is 9.75. The number of thiazole rings is 1. The summed E-state index contributed by atoms with van der Waals surface area (Å²) in [7, 11) is 0. The highest BCUT2D eigenvalue weighted by Crippen LogP contribution is 2.28. The first kappa shape index (κ1) is 29.4. The van der Waals surface area contributed by atoms with Crippen molar-refractivity contribution in [3.63, 3.8) is 0 Å². The van der Waals surface area contributed by atoms with Crippen molar-refractivity contribution in [2.24, 2.45) is 5.41 Å². The van der Waals surface area contributed by atoms with Gasteiger partial charge in [0.1, 0.15) is 18.4 Å². The van der Waals surface area contributed by atoms with E-state index in [9.17, 15) is 29.4 Å². The maximum absolute atomic E-state index is 13.6. The zero-order valence-corrected chi connectivity index (χ0v) is 23.0. The van der Waals surface area contributed by atoms with Crippen molar-refractivity contribution >= 4 is 35.4 Å². The van der Waals surface area contributed by atoms with Crippen molar-refractivity contribution < 1.29 is 29.4 Å². The van der Waals surface area contributed by atoms with Gasteiger partial charge in [0.05, 0.1) is 28.2 Å². The van der Waals surface area contributed by atoms with E-state index in [1.807, 2.05) is 31.2 Å². The maximum atomic E-state index is 13.6. The third kappa shape index (κ3) is 7.24. The molecular weight excluding hydrogens is 508 g/mol. The summed E-state index contributed by atoms with van der Waals surface area (Å²) < 4.78 is 0. The number of carboxylic acids is 1. The van der Waals surface area contributed by atoms with Crippen molar-refractivity contribution in [2.75, 3.05) is 6.54 Å². The Morgan fingerprint density at radius 1 is 1.24 bits per heavy atom. The highest BCUT2D eigenvalue weighted by molar-refractivity contribution is 7.13. The molecule has 0 bridgehead atoms. The van der Waals surface area contributed by atoms with Gasteiger partial charge in [-0.3, -0.25) is 19.7 Å². The normalized spacial score (nSPS) is 19.1. The van der Waals surface area contributed by atoms with E-state index in [1.54, 1.807) is 37.6 Å². The van der Waals surface area contributed by atoms with Crippen molar-refractivity contribution in [3.05, 3.63) is 41.0 Å². The number of hydrogen-bond donors (Lipinski definition) is 4. The minimum Gasteiger partial charge on any atom is -0.480 e. The lowest BCUT2D eigenvalue weighted by Crippen LogP contribution is -2.59. The lowest BCUT2D eigenvalue weighted by Gasteiger charge is -2.37. The van der Waals surface area contributed by atoms with Gasteiger partial charge in [-0.05, 0) is 29.9 Å². The van der Waals surface area contributed by atoms with Crippen LogP contribution in [0.25, 0.3) is 10.4 Å². The summed E-state index contributed by atoms with van der Waals surface area (Å²) in [6.45, 7) is 7.56. The lowest BCUT2D eigenvalue weighted by atomic mass is 9.84. The van der Waals surface area contributed by atoms with Crippen LogP contribution in [-0.4, -0.2) is 74.9 Å². The summed E-state index contributed by atoms with van der Waals surface area (Å²) in [5, 5.41) is 25.7. The molecule has 2 amide bonds. The zero-order chi connectivity index (χ0) is 28.0. The quantitative estimate of drug-likeness (QED) is 0.315. The number of benzene rings is 1. The number of hydrogen-bond acceptors (Lipinski definition) is 8. The number of aryl methyl sites for hydroxylation is 1. The van der Waals surface area contributed by atoms with Crippen molar-refractivity contribution in [1.29, 1.82) is 0 Å². The van der Waals surface area contributed by atoms with Crippen LogP contribution in [0, 0.1) is 12.3 Å². The molecule has 0 radical (unpaired) electrons. The highest BCUT2D eigenvalue weighted by Gasteiger charge is 2.44. The molecule has 0 aliphatic carbocycles. The van der Waals surface area contributed by atoms with Gasteiger partial charge in [-0.2, -0.15) is 0 Å². The molecule has 1 fully saturated rings. The molecule has 11 heteroatoms. The number of carbonyl (C=O) groups excluding carboxylic acids is 3. The molecule has 1 saturated heterocycles. The fraction of sp³-hybridized carbons (Fsp3) is 0.519. The monoisotopic (exact) mass is 544 g/mol. The van der Waals surface area contributed by atoms with E-state index in [1.165, 1.54) is 4.90 Å². The number of carboxylic acid groups (broad SMARTS) is 1. The van der Waals surface area contributed by atoms with Gasteiger partial charge in [0, 0.05) is 25.9 Å². The van der Waals surface area contributed by atoms with Gasteiger partial charge in [0.25, 0.3) is 0 Å². The Morgan fingerprint density at radius 3 is 2.47 bits per heavy atom. The van der Waals surface area contributed by atoms with Crippen LogP contribution < -0.4 is 10.6 Å². The van der Waals surface area contributed by atoms with Crippen LogP contribution in [0.15, 0.2) is 29.8 Å². The van der Waals surface area contributed by atoms with E-state index >= 15 is 0 Å². The van der Waals surface area contributed by atoms with Gasteiger partial charge in [0.2, 0.25) is 11.8 Å². The SMILES string of the molecule is Cc1ncsc1-c1ccc(CNC(=O)[C@@H]2C[C@@H](O)CN2C(=O)[C@@H](NC(CCC=O)C(=O)O)C(C)(C)C)cc1. The Balaban J connectivity index is 1.70.